The number of carbonyl (C=O) groups excluding carboxylic acids is 2. The van der Waals surface area contributed by atoms with E-state index in [2.05, 4.69) is 0 Å². The van der Waals surface area contributed by atoms with Gasteiger partial charge in [-0.15, -0.1) is 0 Å². The lowest BCUT2D eigenvalue weighted by Crippen LogP contribution is -2.31. The number of rotatable bonds is 7. The van der Waals surface area contributed by atoms with Crippen LogP contribution in [0.2, 0.25) is 5.02 Å². The number of carbonyl (C=O) groups is 2. The zero-order valence-corrected chi connectivity index (χ0v) is 20.1. The minimum Gasteiger partial charge on any atom is -0.507 e. The Labute approximate surface area is 206 Å². The predicted octanol–water partition coefficient (Wildman–Crippen LogP) is 5.06. The maximum absolute atomic E-state index is 13.3. The molecule has 1 unspecified atom stereocenters. The Morgan fingerprint density at radius 1 is 1.09 bits per heavy atom. The molecule has 4 rings (SSSR count). The number of hydrogen-bond acceptors (Lipinski definition) is 6. The zero-order chi connectivity index (χ0) is 25.3. The van der Waals surface area contributed by atoms with Gasteiger partial charge in [0.2, 0.25) is 0 Å². The van der Waals surface area contributed by atoms with Crippen molar-refractivity contribution in [2.24, 2.45) is 0 Å². The normalized spacial score (nSPS) is 17.2. The summed E-state index contributed by atoms with van der Waals surface area (Å²) in [5.41, 5.74) is 0.761. The second kappa shape index (κ2) is 9.84. The number of benzene rings is 2. The fourth-order valence-electron chi connectivity index (χ4n) is 4.10. The van der Waals surface area contributed by atoms with Gasteiger partial charge >= 0.3 is 0 Å². The third-order valence-electron chi connectivity index (χ3n) is 5.85. The second-order valence-electron chi connectivity index (χ2n) is 8.00. The first-order valence-corrected chi connectivity index (χ1v) is 11.1. The Kier molecular flexibility index (Phi) is 6.84. The van der Waals surface area contributed by atoms with Crippen LogP contribution < -0.4 is 9.47 Å². The number of hydrogen-bond donors (Lipinski definition) is 1. The van der Waals surface area contributed by atoms with Gasteiger partial charge in [0.1, 0.15) is 40.6 Å². The molecule has 0 radical (unpaired) electrons. The van der Waals surface area contributed by atoms with E-state index >= 15 is 0 Å². The molecule has 3 aromatic rings. The molecule has 1 saturated heterocycles. The number of aryl methyl sites for hydroxylation is 1. The molecule has 9 heteroatoms. The van der Waals surface area contributed by atoms with E-state index in [9.17, 15) is 19.1 Å². The van der Waals surface area contributed by atoms with Gasteiger partial charge in [-0.2, -0.15) is 0 Å². The fraction of sp³-hybridized carbons (Fsp3) is 0.231. The van der Waals surface area contributed by atoms with E-state index in [-0.39, 0.29) is 34.3 Å². The van der Waals surface area contributed by atoms with Gasteiger partial charge in [-0.25, -0.2) is 4.39 Å². The number of ketones is 1. The van der Waals surface area contributed by atoms with Gasteiger partial charge in [-0.05, 0) is 49.2 Å². The summed E-state index contributed by atoms with van der Waals surface area (Å²) in [6.45, 7) is 1.87. The van der Waals surface area contributed by atoms with Gasteiger partial charge in [-0.3, -0.25) is 9.59 Å². The van der Waals surface area contributed by atoms with Crippen LogP contribution in [0, 0.1) is 12.7 Å². The van der Waals surface area contributed by atoms with Crippen molar-refractivity contribution in [2.45, 2.75) is 19.4 Å². The number of likely N-dealkylation sites (tertiary alicyclic amines) is 1. The summed E-state index contributed by atoms with van der Waals surface area (Å²) in [5, 5.41) is 11.5. The lowest BCUT2D eigenvalue weighted by Gasteiger charge is -2.23. The average Bonchev–Trinajstić information content (AvgIpc) is 3.38. The predicted molar refractivity (Wildman–Crippen MR) is 127 cm³/mol. The minimum atomic E-state index is -0.977. The summed E-state index contributed by atoms with van der Waals surface area (Å²) in [6, 6.07) is 11.2. The molecular weight excluding hydrogens is 477 g/mol. The number of ether oxygens (including phenoxy) is 2. The largest absolute Gasteiger partial charge is 0.507 e. The molecule has 2 aromatic carbocycles. The van der Waals surface area contributed by atoms with Crippen LogP contribution in [-0.4, -0.2) is 42.5 Å². The number of methoxy groups -OCH3 is 2. The molecule has 1 N–H and O–H groups in total. The Bertz CT molecular complexity index is 1310. The highest BCUT2D eigenvalue weighted by Gasteiger charge is 2.47. The number of aliphatic hydroxyl groups excluding tert-OH is 1. The third-order valence-corrected chi connectivity index (χ3v) is 6.15. The van der Waals surface area contributed by atoms with Crippen molar-refractivity contribution < 1.29 is 33.0 Å². The molecule has 1 aromatic heterocycles. The van der Waals surface area contributed by atoms with Crippen LogP contribution in [-0.2, 0) is 16.0 Å². The molecule has 35 heavy (non-hydrogen) atoms. The van der Waals surface area contributed by atoms with Crippen molar-refractivity contribution in [3.8, 4) is 11.5 Å². The number of furan rings is 1. The highest BCUT2D eigenvalue weighted by atomic mass is 35.5. The number of nitrogens with zero attached hydrogens (tertiary/aromatic N) is 1. The quantitative estimate of drug-likeness (QED) is 0.277. The van der Waals surface area contributed by atoms with Gasteiger partial charge in [0.05, 0.1) is 30.4 Å². The Hall–Kier alpha value is -3.78. The van der Waals surface area contributed by atoms with E-state index in [1.165, 1.54) is 43.4 Å². The van der Waals surface area contributed by atoms with Crippen molar-refractivity contribution in [1.82, 2.24) is 4.90 Å². The topological polar surface area (TPSA) is 89.2 Å². The van der Waals surface area contributed by atoms with Crippen LogP contribution in [0.5, 0.6) is 11.5 Å². The monoisotopic (exact) mass is 499 g/mol. The van der Waals surface area contributed by atoms with E-state index in [0.29, 0.717) is 23.7 Å². The maximum atomic E-state index is 13.3. The highest BCUT2D eigenvalue weighted by Crippen LogP contribution is 2.43. The SMILES string of the molecule is COc1cc(OC)c(/C(O)=C2\C(=O)C(=O)N(CCc3ccc(F)cc3)C2c2ccc(C)o2)cc1Cl. The van der Waals surface area contributed by atoms with Crippen molar-refractivity contribution in [2.75, 3.05) is 20.8 Å². The molecule has 1 atom stereocenters. The van der Waals surface area contributed by atoms with E-state index in [0.717, 1.165) is 5.56 Å². The molecule has 1 aliphatic rings. The summed E-state index contributed by atoms with van der Waals surface area (Å²) in [6.07, 6.45) is 0.362. The van der Waals surface area contributed by atoms with Crippen LogP contribution >= 0.6 is 11.6 Å². The number of aliphatic hydroxyl groups is 1. The van der Waals surface area contributed by atoms with Crippen LogP contribution in [0.3, 0.4) is 0 Å². The summed E-state index contributed by atoms with van der Waals surface area (Å²) in [5.74, 6) is -1.05. The molecule has 1 amide bonds. The van der Waals surface area contributed by atoms with Gasteiger partial charge in [0, 0.05) is 12.6 Å². The summed E-state index contributed by atoms with van der Waals surface area (Å²) >= 11 is 6.27. The molecule has 1 fully saturated rings. The third kappa shape index (κ3) is 4.61. The Balaban J connectivity index is 1.81. The Morgan fingerprint density at radius 2 is 1.77 bits per heavy atom. The standard InChI is InChI=1S/C26H23ClFNO6/c1-14-4-9-19(35-14)23-22(24(30)17-12-18(27)21(34-3)13-20(17)33-2)25(31)26(32)29(23)11-10-15-5-7-16(28)8-6-15/h4-9,12-13,23,30H,10-11H2,1-3H3/b24-22+. The molecule has 182 valence electrons. The summed E-state index contributed by atoms with van der Waals surface area (Å²) in [4.78, 5) is 27.6. The molecule has 0 aliphatic carbocycles. The van der Waals surface area contributed by atoms with Crippen molar-refractivity contribution in [3.63, 3.8) is 0 Å². The molecular formula is C26H23ClFNO6. The number of halogens is 2. The maximum Gasteiger partial charge on any atom is 0.295 e. The van der Waals surface area contributed by atoms with Crippen LogP contribution in [0.1, 0.15) is 28.7 Å². The van der Waals surface area contributed by atoms with E-state index in [4.69, 9.17) is 25.5 Å². The smallest absolute Gasteiger partial charge is 0.295 e. The number of Topliss-reactive ketones (excluding diaryl/α,β-unsaturated/α-hetero) is 1. The van der Waals surface area contributed by atoms with E-state index in [1.54, 1.807) is 31.2 Å². The number of amides is 1. The molecule has 0 spiro atoms. The lowest BCUT2D eigenvalue weighted by molar-refractivity contribution is -0.140. The molecule has 2 heterocycles. The molecule has 7 nitrogen and oxygen atoms in total. The van der Waals surface area contributed by atoms with Crippen LogP contribution in [0.4, 0.5) is 4.39 Å². The first kappa shape index (κ1) is 24.3. The molecule has 0 bridgehead atoms. The van der Waals surface area contributed by atoms with Crippen LogP contribution in [0.25, 0.3) is 5.76 Å². The van der Waals surface area contributed by atoms with Crippen molar-refractivity contribution >= 4 is 29.1 Å². The first-order valence-electron chi connectivity index (χ1n) is 10.8. The second-order valence-corrected chi connectivity index (χ2v) is 8.41. The summed E-state index contributed by atoms with van der Waals surface area (Å²) in [7, 11) is 2.83. The first-order chi connectivity index (χ1) is 16.7. The minimum absolute atomic E-state index is 0.128. The lowest BCUT2D eigenvalue weighted by atomic mass is 9.98. The van der Waals surface area contributed by atoms with Crippen LogP contribution in [0.15, 0.2) is 58.5 Å². The van der Waals surface area contributed by atoms with Gasteiger partial charge < -0.3 is 23.9 Å². The molecule has 1 aliphatic heterocycles. The van der Waals surface area contributed by atoms with Crippen molar-refractivity contribution in [1.29, 1.82) is 0 Å². The highest BCUT2D eigenvalue weighted by molar-refractivity contribution is 6.46. The van der Waals surface area contributed by atoms with Gasteiger partial charge in [0.25, 0.3) is 11.7 Å². The van der Waals surface area contributed by atoms with Gasteiger partial charge in [-0.1, -0.05) is 23.7 Å². The summed E-state index contributed by atoms with van der Waals surface area (Å²) < 4.78 is 29.6. The van der Waals surface area contributed by atoms with Gasteiger partial charge in [0.15, 0.2) is 0 Å². The van der Waals surface area contributed by atoms with Crippen molar-refractivity contribution in [3.05, 3.63) is 87.6 Å². The molecule has 0 saturated carbocycles. The van der Waals surface area contributed by atoms with E-state index in [1.807, 2.05) is 0 Å². The van der Waals surface area contributed by atoms with E-state index < -0.39 is 23.5 Å². The average molecular weight is 500 g/mol. The fourth-order valence-corrected chi connectivity index (χ4v) is 4.34. The zero-order valence-electron chi connectivity index (χ0n) is 19.3. The Morgan fingerprint density at radius 3 is 2.37 bits per heavy atom.